The van der Waals surface area contributed by atoms with Gasteiger partial charge in [0.15, 0.2) is 0 Å². The van der Waals surface area contributed by atoms with Crippen molar-refractivity contribution in [2.24, 2.45) is 5.92 Å². The first-order chi connectivity index (χ1) is 22.1. The molecule has 0 spiro atoms. The molecule has 0 N–H and O–H groups in total. The van der Waals surface area contributed by atoms with Crippen LogP contribution in [0.2, 0.25) is 13.3 Å². The predicted octanol–water partition coefficient (Wildman–Crippen LogP) is 9.70. The molecule has 1 aliphatic rings. The molecule has 0 unspecified atom stereocenters. The number of para-hydroxylation sites is 1. The Kier molecular flexibility index (Phi) is 12.9. The standard InChI is InChI=1S/C27H27FN3O.3C4H9.Sn/c28-24-12-4-10-22-25-23(11-5-15-29-25)27(30-26(22)24)32-19-21-13-17-31(18-14-21)16-6-9-20-7-2-1-3-8-20;3*1-3-4-2;/h2-5,7-8,10-12,15,21H,6,9,13-14,16-19H2;3*1,3-4H2,2H3;. The molecule has 45 heavy (non-hydrogen) atoms. The van der Waals surface area contributed by atoms with E-state index in [9.17, 15) is 4.39 Å². The van der Waals surface area contributed by atoms with Crippen LogP contribution in [0, 0.1) is 11.7 Å². The summed E-state index contributed by atoms with van der Waals surface area (Å²) in [7, 11) is 0. The van der Waals surface area contributed by atoms with Crippen LogP contribution < -0.4 is 8.32 Å². The quantitative estimate of drug-likeness (QED) is 0.0806. The summed E-state index contributed by atoms with van der Waals surface area (Å²) in [5.74, 6) is 0.640. The van der Waals surface area contributed by atoms with Crippen LogP contribution in [0.4, 0.5) is 4.39 Å². The van der Waals surface area contributed by atoms with Crippen LogP contribution in [0.5, 0.6) is 5.88 Å². The van der Waals surface area contributed by atoms with Crippen molar-refractivity contribution >= 4 is 43.8 Å². The van der Waals surface area contributed by atoms with Crippen LogP contribution in [-0.2, 0) is 6.42 Å². The number of aryl methyl sites for hydroxylation is 1. The summed E-state index contributed by atoms with van der Waals surface area (Å²) in [5, 5.41) is 1.57. The number of aromatic nitrogens is 2. The number of fused-ring (bicyclic) bond motifs is 3. The summed E-state index contributed by atoms with van der Waals surface area (Å²) in [5.41, 5.74) is 2.58. The number of hydrogen-bond acceptors (Lipinski definition) is 4. The van der Waals surface area contributed by atoms with E-state index in [0.717, 1.165) is 55.2 Å². The zero-order chi connectivity index (χ0) is 31.5. The van der Waals surface area contributed by atoms with Gasteiger partial charge in [0.2, 0.25) is 5.88 Å². The molecule has 0 amide bonds. The average molecular weight is 719 g/mol. The van der Waals surface area contributed by atoms with E-state index >= 15 is 0 Å². The van der Waals surface area contributed by atoms with E-state index in [2.05, 4.69) is 59.9 Å². The molecule has 242 valence electrons. The molecule has 3 heterocycles. The zero-order valence-electron chi connectivity index (χ0n) is 28.0. The van der Waals surface area contributed by atoms with E-state index in [0.29, 0.717) is 23.9 Å². The Bertz CT molecular complexity index is 1460. The number of benzene rings is 2. The first-order valence-corrected chi connectivity index (χ1v) is 25.3. The van der Waals surface area contributed by atoms with Crippen molar-refractivity contribution in [3.63, 3.8) is 0 Å². The van der Waals surface area contributed by atoms with Crippen molar-refractivity contribution in [2.75, 3.05) is 26.2 Å². The molecule has 0 aliphatic carbocycles. The predicted molar refractivity (Wildman–Crippen MR) is 191 cm³/mol. The number of pyridine rings is 2. The number of rotatable bonds is 17. The van der Waals surface area contributed by atoms with Crippen LogP contribution >= 0.6 is 0 Å². The second kappa shape index (κ2) is 17.1. The fourth-order valence-corrected chi connectivity index (χ4v) is 23.3. The van der Waals surface area contributed by atoms with E-state index in [1.807, 2.05) is 18.2 Å². The van der Waals surface area contributed by atoms with E-state index in [1.165, 1.54) is 69.9 Å². The number of likely N-dealkylation sites (tertiary alicyclic amines) is 1. The molecule has 1 aliphatic heterocycles. The molecule has 2 aromatic carbocycles. The molecule has 1 saturated heterocycles. The third-order valence-electron chi connectivity index (χ3n) is 10.2. The van der Waals surface area contributed by atoms with Gasteiger partial charge in [0.25, 0.3) is 0 Å². The van der Waals surface area contributed by atoms with Crippen molar-refractivity contribution in [2.45, 2.75) is 98.3 Å². The minimum absolute atomic E-state index is 0.329. The fourth-order valence-electron chi connectivity index (χ4n) is 7.34. The van der Waals surface area contributed by atoms with E-state index < -0.39 is 18.4 Å². The van der Waals surface area contributed by atoms with Crippen molar-refractivity contribution in [3.8, 4) is 5.88 Å². The summed E-state index contributed by atoms with van der Waals surface area (Å²) < 4.78 is 27.3. The van der Waals surface area contributed by atoms with Gasteiger partial charge >= 0.3 is 187 Å². The summed E-state index contributed by atoms with van der Waals surface area (Å²) in [6.45, 7) is 11.1. The Morgan fingerprint density at radius 3 is 2.13 bits per heavy atom. The van der Waals surface area contributed by atoms with Crippen LogP contribution in [-0.4, -0.2) is 59.5 Å². The van der Waals surface area contributed by atoms with Crippen molar-refractivity contribution in [1.82, 2.24) is 14.9 Å². The van der Waals surface area contributed by atoms with Crippen molar-refractivity contribution in [3.05, 3.63) is 72.2 Å². The van der Waals surface area contributed by atoms with Gasteiger partial charge in [-0.05, 0) is 18.2 Å². The van der Waals surface area contributed by atoms with Crippen molar-refractivity contribution in [1.29, 1.82) is 0 Å². The number of piperidine rings is 1. The molecule has 0 atom stereocenters. The topological polar surface area (TPSA) is 38.2 Å². The van der Waals surface area contributed by atoms with Gasteiger partial charge in [-0.1, -0.05) is 12.1 Å². The molecule has 0 saturated carbocycles. The molecule has 1 fully saturated rings. The number of halogens is 1. The average Bonchev–Trinajstić information content (AvgIpc) is 3.08. The molecule has 0 radical (unpaired) electrons. The number of ether oxygens (including phenoxy) is 1. The van der Waals surface area contributed by atoms with Crippen LogP contribution in [0.3, 0.4) is 0 Å². The number of unbranched alkanes of at least 4 members (excludes halogenated alkanes) is 3. The first-order valence-electron chi connectivity index (χ1n) is 17.8. The zero-order valence-corrected chi connectivity index (χ0v) is 30.9. The van der Waals surface area contributed by atoms with Gasteiger partial charge < -0.3 is 4.74 Å². The SMILES string of the molecule is CCC[CH2][Sn]([CH2]CCC)([CH2]CCC)[c]1ccc(CCCN2CCC(COc3nc4c(F)cccc4c4ncccc34)CC2)cc1. The molecule has 6 heteroatoms. The van der Waals surface area contributed by atoms with Crippen molar-refractivity contribution < 1.29 is 9.13 Å². The maximum atomic E-state index is 14.6. The second-order valence-corrected chi connectivity index (χ2v) is 26.7. The van der Waals surface area contributed by atoms with E-state index in [-0.39, 0.29) is 5.82 Å². The Morgan fingerprint density at radius 1 is 0.800 bits per heavy atom. The summed E-state index contributed by atoms with van der Waals surface area (Å²) >= 11 is -2.33. The van der Waals surface area contributed by atoms with Gasteiger partial charge in [0.05, 0.1) is 10.9 Å². The Hall–Kier alpha value is -2.25. The molecule has 2 aromatic heterocycles. The van der Waals surface area contributed by atoms with Gasteiger partial charge in [-0.15, -0.1) is 0 Å². The van der Waals surface area contributed by atoms with E-state index in [4.69, 9.17) is 4.74 Å². The van der Waals surface area contributed by atoms with Crippen LogP contribution in [0.25, 0.3) is 21.8 Å². The first kappa shape index (κ1) is 34.1. The van der Waals surface area contributed by atoms with Gasteiger partial charge in [0.1, 0.15) is 11.3 Å². The summed E-state index contributed by atoms with van der Waals surface area (Å²) in [6, 6.07) is 19.0. The van der Waals surface area contributed by atoms with E-state index in [1.54, 1.807) is 15.8 Å². The normalized spacial score (nSPS) is 14.8. The molecule has 5 rings (SSSR count). The number of hydrogen-bond donors (Lipinski definition) is 0. The Labute approximate surface area is 275 Å². The minimum atomic E-state index is -2.33. The van der Waals surface area contributed by atoms with Crippen LogP contribution in [0.15, 0.2) is 60.8 Å². The van der Waals surface area contributed by atoms with Crippen LogP contribution in [0.1, 0.15) is 84.1 Å². The summed E-state index contributed by atoms with van der Waals surface area (Å²) in [4.78, 5) is 11.7. The third-order valence-corrected chi connectivity index (χ3v) is 25.9. The number of nitrogens with zero attached hydrogens (tertiary/aromatic N) is 3. The summed E-state index contributed by atoms with van der Waals surface area (Å²) in [6.07, 6.45) is 14.6. The fraction of sp³-hybridized carbons (Fsp3) is 0.538. The van der Waals surface area contributed by atoms with Gasteiger partial charge in [0, 0.05) is 11.6 Å². The molecular weight excluding hydrogens is 664 g/mol. The monoisotopic (exact) mass is 719 g/mol. The van der Waals surface area contributed by atoms with Gasteiger partial charge in [-0.3, -0.25) is 4.98 Å². The third kappa shape index (κ3) is 8.77. The molecule has 4 aromatic rings. The van der Waals surface area contributed by atoms with Gasteiger partial charge in [-0.2, -0.15) is 0 Å². The molecular formula is C39H54FN3OSn. The molecule has 0 bridgehead atoms. The molecule has 4 nitrogen and oxygen atoms in total. The second-order valence-electron chi connectivity index (χ2n) is 13.4. The Morgan fingerprint density at radius 2 is 1.47 bits per heavy atom. The maximum absolute atomic E-state index is 14.6. The Balaban J connectivity index is 1.10. The van der Waals surface area contributed by atoms with Gasteiger partial charge in [-0.25, -0.2) is 9.37 Å².